The fourth-order valence-corrected chi connectivity index (χ4v) is 0.384. The van der Waals surface area contributed by atoms with Crippen LogP contribution < -0.4 is 5.32 Å². The maximum absolute atomic E-state index is 10.4. The number of hydrogen-bond acceptors (Lipinski definition) is 2. The summed E-state index contributed by atoms with van der Waals surface area (Å²) in [5.74, 6) is -0.0994. The van der Waals surface area contributed by atoms with Crippen LogP contribution in [0.1, 0.15) is 6.42 Å². The Kier molecular flexibility index (Phi) is 3.59. The number of carbonyl (C=O) groups excluding carboxylic acids is 1. The summed E-state index contributed by atoms with van der Waals surface area (Å²) in [6.45, 7) is 0.264. The summed E-state index contributed by atoms with van der Waals surface area (Å²) in [6.07, 6.45) is 0.274. The summed E-state index contributed by atoms with van der Waals surface area (Å²) in [6, 6.07) is 0. The van der Waals surface area contributed by atoms with Crippen molar-refractivity contribution in [2.45, 2.75) is 6.42 Å². The van der Waals surface area contributed by atoms with E-state index in [1.54, 1.807) is 7.05 Å². The number of hydrogen-bond donors (Lipinski definition) is 1. The lowest BCUT2D eigenvalue weighted by Crippen LogP contribution is -2.21. The van der Waals surface area contributed by atoms with E-state index >= 15 is 0 Å². The molecule has 4 heteroatoms. The van der Waals surface area contributed by atoms with Crippen LogP contribution in [0.5, 0.6) is 0 Å². The minimum atomic E-state index is -0.0994. The molecule has 0 aliphatic carbocycles. The fourth-order valence-electron chi connectivity index (χ4n) is 0.384. The van der Waals surface area contributed by atoms with Crippen molar-refractivity contribution in [3.63, 3.8) is 0 Å². The summed E-state index contributed by atoms with van der Waals surface area (Å²) < 4.78 is 0.731. The van der Waals surface area contributed by atoms with Crippen LogP contribution in [-0.4, -0.2) is 31.3 Å². The first-order valence-corrected chi connectivity index (χ1v) is 2.75. The molecule has 0 aromatic heterocycles. The van der Waals surface area contributed by atoms with E-state index in [1.807, 2.05) is 0 Å². The molecule has 0 spiro atoms. The summed E-state index contributed by atoms with van der Waals surface area (Å²) in [7, 11) is 2.94. The molecule has 52 valence electrons. The quantitative estimate of drug-likeness (QED) is 0.526. The molecule has 0 saturated carbocycles. The van der Waals surface area contributed by atoms with E-state index < -0.39 is 0 Å². The molecule has 0 saturated heterocycles. The van der Waals surface area contributed by atoms with Crippen LogP contribution in [0.15, 0.2) is 0 Å². The van der Waals surface area contributed by atoms with Gasteiger partial charge >= 0.3 is 0 Å². The van der Waals surface area contributed by atoms with Crippen molar-refractivity contribution >= 4 is 5.91 Å². The van der Waals surface area contributed by atoms with E-state index in [2.05, 4.69) is 5.32 Å². The van der Waals surface area contributed by atoms with E-state index in [9.17, 15) is 9.70 Å². The molecule has 0 bridgehead atoms. The van der Waals surface area contributed by atoms with Gasteiger partial charge in [-0.3, -0.25) is 4.79 Å². The van der Waals surface area contributed by atoms with Gasteiger partial charge in [-0.05, 0) is 4.76 Å². The van der Waals surface area contributed by atoms with Crippen molar-refractivity contribution in [3.8, 4) is 0 Å². The molecule has 0 heterocycles. The second-order valence-corrected chi connectivity index (χ2v) is 1.77. The highest BCUT2D eigenvalue weighted by molar-refractivity contribution is 5.75. The Labute approximate surface area is 53.8 Å². The van der Waals surface area contributed by atoms with Gasteiger partial charge in [-0.25, -0.2) is 0 Å². The molecular formula is C5H11N2O2+. The molecule has 0 aromatic carbocycles. The van der Waals surface area contributed by atoms with E-state index in [4.69, 9.17) is 0 Å². The lowest BCUT2D eigenvalue weighted by Gasteiger charge is -1.90. The number of nitrogens with one attached hydrogen (secondary N) is 1. The number of carbonyl (C=O) groups is 1. The first-order chi connectivity index (χ1) is 4.16. The predicted molar refractivity (Wildman–Crippen MR) is 33.1 cm³/mol. The highest BCUT2D eigenvalue weighted by Crippen LogP contribution is 1.77. The number of rotatable bonds is 3. The van der Waals surface area contributed by atoms with Crippen LogP contribution >= 0.6 is 0 Å². The Morgan fingerprint density at radius 1 is 1.67 bits per heavy atom. The number of amides is 1. The molecule has 0 aliphatic rings. The first-order valence-electron chi connectivity index (χ1n) is 2.75. The van der Waals surface area contributed by atoms with Crippen molar-refractivity contribution in [2.24, 2.45) is 0 Å². The van der Waals surface area contributed by atoms with Gasteiger partial charge in [-0.2, -0.15) is 0 Å². The zero-order valence-corrected chi connectivity index (χ0v) is 5.68. The third-order valence-electron chi connectivity index (χ3n) is 0.933. The first kappa shape index (κ1) is 8.07. The van der Waals surface area contributed by atoms with E-state index in [-0.39, 0.29) is 18.9 Å². The van der Waals surface area contributed by atoms with Gasteiger partial charge < -0.3 is 5.32 Å². The molecule has 0 radical (unpaired) electrons. The zero-order chi connectivity index (χ0) is 7.28. The third-order valence-corrected chi connectivity index (χ3v) is 0.933. The average Bonchev–Trinajstić information content (AvgIpc) is 1.83. The molecule has 0 atom stereocenters. The lowest BCUT2D eigenvalue weighted by molar-refractivity contribution is -0.517. The number of nitroso groups, excluding NO2 is 1. The molecule has 0 rings (SSSR count). The predicted octanol–water partition coefficient (Wildman–Crippen LogP) is -0.469. The van der Waals surface area contributed by atoms with E-state index in [0.717, 1.165) is 4.76 Å². The van der Waals surface area contributed by atoms with Crippen molar-refractivity contribution in [2.75, 3.05) is 20.6 Å². The van der Waals surface area contributed by atoms with Crippen molar-refractivity contribution < 1.29 is 9.55 Å². The lowest BCUT2D eigenvalue weighted by atomic mass is 10.4. The van der Waals surface area contributed by atoms with Crippen LogP contribution in [0.3, 0.4) is 0 Å². The van der Waals surface area contributed by atoms with Crippen LogP contribution in [-0.2, 0) is 4.79 Å². The second-order valence-electron chi connectivity index (χ2n) is 1.77. The summed E-state index contributed by atoms with van der Waals surface area (Å²) >= 11 is 0. The zero-order valence-electron chi connectivity index (χ0n) is 5.68. The molecule has 1 amide bonds. The highest BCUT2D eigenvalue weighted by atomic mass is 16.3. The molecule has 4 nitrogen and oxygen atoms in total. The Morgan fingerprint density at radius 3 is 2.56 bits per heavy atom. The molecule has 0 aromatic rings. The minimum absolute atomic E-state index is 0.0994. The largest absolute Gasteiger partial charge is 0.359 e. The molecule has 9 heavy (non-hydrogen) atoms. The Hall–Kier alpha value is -0.930. The van der Waals surface area contributed by atoms with Crippen molar-refractivity contribution in [3.05, 3.63) is 4.91 Å². The second kappa shape index (κ2) is 4.00. The van der Waals surface area contributed by atoms with Gasteiger partial charge in [0.25, 0.3) is 0 Å². The van der Waals surface area contributed by atoms with Gasteiger partial charge in [0.2, 0.25) is 5.91 Å². The monoisotopic (exact) mass is 131 g/mol. The standard InChI is InChI=1S/C5H10N2O2/c1-6-5(8)3-4-7(2)9/h3-4H2,1-2H3/p+1. The van der Waals surface area contributed by atoms with Gasteiger partial charge in [0.05, 0.1) is 6.42 Å². The van der Waals surface area contributed by atoms with Crippen LogP contribution in [0.25, 0.3) is 0 Å². The smallest absolute Gasteiger partial charge is 0.226 e. The van der Waals surface area contributed by atoms with Gasteiger partial charge in [-0.15, -0.1) is 0 Å². The van der Waals surface area contributed by atoms with Crippen molar-refractivity contribution in [1.82, 2.24) is 5.32 Å². The summed E-state index contributed by atoms with van der Waals surface area (Å²) in [4.78, 5) is 20.6. The van der Waals surface area contributed by atoms with Gasteiger partial charge in [0, 0.05) is 12.0 Å². The van der Waals surface area contributed by atoms with Crippen LogP contribution in [0.4, 0.5) is 0 Å². The third kappa shape index (κ3) is 4.93. The van der Waals surface area contributed by atoms with E-state index in [1.165, 1.54) is 7.05 Å². The highest BCUT2D eigenvalue weighted by Gasteiger charge is 2.03. The fraction of sp³-hybridized carbons (Fsp3) is 0.800. The van der Waals surface area contributed by atoms with Crippen LogP contribution in [0.2, 0.25) is 0 Å². The number of nitrogens with zero attached hydrogens (tertiary/aromatic N) is 1. The summed E-state index contributed by atoms with van der Waals surface area (Å²) in [5, 5.41) is 2.42. The van der Waals surface area contributed by atoms with Gasteiger partial charge in [0.1, 0.15) is 0 Å². The Balaban J connectivity index is 3.28. The Bertz CT molecular complexity index is 122. The maximum Gasteiger partial charge on any atom is 0.226 e. The SMILES string of the molecule is CNC(=O)CC[N+](C)=O. The summed E-state index contributed by atoms with van der Waals surface area (Å²) in [5.41, 5.74) is 0. The van der Waals surface area contributed by atoms with Crippen LogP contribution in [0, 0.1) is 4.91 Å². The topological polar surface area (TPSA) is 49.2 Å². The average molecular weight is 131 g/mol. The molecule has 0 fully saturated rings. The van der Waals surface area contributed by atoms with Crippen molar-refractivity contribution in [1.29, 1.82) is 0 Å². The van der Waals surface area contributed by atoms with Gasteiger partial charge in [-0.1, -0.05) is 0 Å². The maximum atomic E-state index is 10.4. The van der Waals surface area contributed by atoms with Gasteiger partial charge in [0.15, 0.2) is 13.6 Å². The molecule has 1 N–H and O–H groups in total. The minimum Gasteiger partial charge on any atom is -0.359 e. The molecule has 0 unspecified atom stereocenters. The Morgan fingerprint density at radius 2 is 2.22 bits per heavy atom. The molecular weight excluding hydrogens is 120 g/mol. The normalized spacial score (nSPS) is 8.67. The van der Waals surface area contributed by atoms with E-state index in [0.29, 0.717) is 0 Å². The molecule has 0 aliphatic heterocycles.